The smallest absolute Gasteiger partial charge is 0.261 e. The molecule has 6 heterocycles. The minimum Gasteiger partial charge on any atom is -0.351 e. The standard InChI is InChI=1S/C18H17N7OS.C2H6.CH2O/c19-7-15-14(4-6-27-15)22-18(26)13-9-21-25-5-3-16(23-17(13)25)24-10-11-1-2-12(24)8-20-11;2*1-2/h3-6,9,11-12,20H,1-2,8,10H2,(H,22,26);1-2H3;1H2. The van der Waals surface area contributed by atoms with Gasteiger partial charge in [0, 0.05) is 31.4 Å². The van der Waals surface area contributed by atoms with E-state index in [0.29, 0.717) is 33.9 Å². The molecule has 2 bridgehead atoms. The van der Waals surface area contributed by atoms with E-state index in [0.717, 1.165) is 25.3 Å². The van der Waals surface area contributed by atoms with Crippen LogP contribution in [0.5, 0.6) is 0 Å². The van der Waals surface area contributed by atoms with E-state index in [-0.39, 0.29) is 5.91 Å². The van der Waals surface area contributed by atoms with E-state index in [1.807, 2.05) is 32.9 Å². The molecule has 31 heavy (non-hydrogen) atoms. The van der Waals surface area contributed by atoms with Crippen molar-refractivity contribution in [3.63, 3.8) is 0 Å². The lowest BCUT2D eigenvalue weighted by Gasteiger charge is -2.46. The Morgan fingerprint density at radius 3 is 2.81 bits per heavy atom. The minimum atomic E-state index is -0.314. The molecule has 3 aromatic heterocycles. The molecule has 2 N–H and O–H groups in total. The van der Waals surface area contributed by atoms with Crippen molar-refractivity contribution in [3.8, 4) is 6.07 Å². The number of fused-ring (bicyclic) bond motifs is 4. The van der Waals surface area contributed by atoms with Gasteiger partial charge in [0.05, 0.1) is 11.9 Å². The maximum atomic E-state index is 12.7. The molecule has 1 amide bonds. The number of carbonyl (C=O) groups is 2. The molecule has 2 atom stereocenters. The molecular formula is C21H25N7O2S. The number of piperidine rings is 2. The summed E-state index contributed by atoms with van der Waals surface area (Å²) in [6.45, 7) is 7.91. The van der Waals surface area contributed by atoms with Crippen molar-refractivity contribution in [1.29, 1.82) is 5.26 Å². The Kier molecular flexibility index (Phi) is 7.33. The highest BCUT2D eigenvalue weighted by molar-refractivity contribution is 7.11. The fourth-order valence-corrected chi connectivity index (χ4v) is 4.49. The number of hydrogen-bond donors (Lipinski definition) is 2. The summed E-state index contributed by atoms with van der Waals surface area (Å²) in [5.41, 5.74) is 1.43. The molecule has 0 aromatic carbocycles. The molecule has 162 valence electrons. The Morgan fingerprint density at radius 1 is 1.35 bits per heavy atom. The average molecular weight is 440 g/mol. The Morgan fingerprint density at radius 2 is 2.16 bits per heavy atom. The molecule has 3 aliphatic rings. The molecule has 0 spiro atoms. The van der Waals surface area contributed by atoms with Crippen LogP contribution in [-0.2, 0) is 4.79 Å². The first-order valence-electron chi connectivity index (χ1n) is 10.1. The van der Waals surface area contributed by atoms with Gasteiger partial charge in [0.2, 0.25) is 0 Å². The molecule has 3 fully saturated rings. The predicted octanol–water partition coefficient (Wildman–Crippen LogP) is 2.70. The number of piperazine rings is 1. The molecule has 2 unspecified atom stereocenters. The molecule has 9 nitrogen and oxygen atoms in total. The van der Waals surface area contributed by atoms with E-state index in [2.05, 4.69) is 26.7 Å². The van der Waals surface area contributed by atoms with Crippen LogP contribution in [0.2, 0.25) is 0 Å². The molecule has 3 saturated heterocycles. The first kappa shape index (κ1) is 22.4. The first-order chi connectivity index (χ1) is 15.2. The zero-order chi connectivity index (χ0) is 22.4. The summed E-state index contributed by atoms with van der Waals surface area (Å²) in [5, 5.41) is 21.5. The fraction of sp³-hybridized carbons (Fsp3) is 0.381. The molecule has 10 heteroatoms. The van der Waals surface area contributed by atoms with E-state index < -0.39 is 0 Å². The second kappa shape index (κ2) is 10.1. The van der Waals surface area contributed by atoms with Gasteiger partial charge in [-0.3, -0.25) is 4.79 Å². The number of rotatable bonds is 3. The van der Waals surface area contributed by atoms with Crippen LogP contribution in [0, 0.1) is 11.3 Å². The number of nitriles is 1. The Hall–Kier alpha value is -3.29. The normalized spacial score (nSPS) is 18.9. The van der Waals surface area contributed by atoms with E-state index in [9.17, 15) is 4.79 Å². The number of carbonyl (C=O) groups excluding carboxylic acids is 2. The van der Waals surface area contributed by atoms with E-state index in [1.165, 1.54) is 24.0 Å². The van der Waals surface area contributed by atoms with Crippen molar-refractivity contribution < 1.29 is 9.59 Å². The Bertz CT molecular complexity index is 1080. The monoisotopic (exact) mass is 439 g/mol. The molecule has 0 aliphatic carbocycles. The van der Waals surface area contributed by atoms with Gasteiger partial charge in [-0.05, 0) is 30.4 Å². The van der Waals surface area contributed by atoms with Crippen molar-refractivity contribution in [1.82, 2.24) is 19.9 Å². The average Bonchev–Trinajstić information content (AvgIpc) is 3.48. The Labute approximate surface area is 184 Å². The number of nitrogens with zero attached hydrogens (tertiary/aromatic N) is 5. The van der Waals surface area contributed by atoms with Crippen LogP contribution in [-0.4, -0.2) is 52.5 Å². The zero-order valence-corrected chi connectivity index (χ0v) is 18.4. The molecule has 3 aliphatic heterocycles. The summed E-state index contributed by atoms with van der Waals surface area (Å²) < 4.78 is 1.61. The fourth-order valence-electron chi connectivity index (χ4n) is 3.85. The maximum Gasteiger partial charge on any atom is 0.261 e. The number of hydrogen-bond acceptors (Lipinski definition) is 8. The van der Waals surface area contributed by atoms with Gasteiger partial charge < -0.3 is 20.3 Å². The minimum absolute atomic E-state index is 0.314. The number of anilines is 2. The topological polar surface area (TPSA) is 115 Å². The highest BCUT2D eigenvalue weighted by Gasteiger charge is 2.34. The largest absolute Gasteiger partial charge is 0.351 e. The molecule has 3 aromatic rings. The zero-order valence-electron chi connectivity index (χ0n) is 17.5. The highest BCUT2D eigenvalue weighted by atomic mass is 32.1. The van der Waals surface area contributed by atoms with Crippen molar-refractivity contribution >= 4 is 41.2 Å². The van der Waals surface area contributed by atoms with Gasteiger partial charge in [0.1, 0.15) is 29.1 Å². The van der Waals surface area contributed by atoms with Crippen molar-refractivity contribution in [3.05, 3.63) is 40.3 Å². The van der Waals surface area contributed by atoms with E-state index in [4.69, 9.17) is 15.0 Å². The molecule has 0 radical (unpaired) electrons. The maximum absolute atomic E-state index is 12.7. The third-order valence-electron chi connectivity index (χ3n) is 5.26. The van der Waals surface area contributed by atoms with Gasteiger partial charge in [-0.2, -0.15) is 10.4 Å². The molecule has 0 saturated carbocycles. The van der Waals surface area contributed by atoms with Gasteiger partial charge in [-0.1, -0.05) is 13.8 Å². The van der Waals surface area contributed by atoms with Crippen LogP contribution in [0.15, 0.2) is 29.9 Å². The summed E-state index contributed by atoms with van der Waals surface area (Å²) in [6, 6.07) is 6.71. The third-order valence-corrected chi connectivity index (χ3v) is 6.08. The summed E-state index contributed by atoms with van der Waals surface area (Å²) in [4.78, 5) is 28.3. The first-order valence-corrected chi connectivity index (χ1v) is 11.0. The summed E-state index contributed by atoms with van der Waals surface area (Å²) in [5.74, 6) is 0.563. The lowest BCUT2D eigenvalue weighted by atomic mass is 9.93. The number of nitrogens with one attached hydrogen (secondary N) is 2. The number of amides is 1. The van der Waals surface area contributed by atoms with Crippen LogP contribution >= 0.6 is 11.3 Å². The van der Waals surface area contributed by atoms with Crippen LogP contribution in [0.25, 0.3) is 5.65 Å². The van der Waals surface area contributed by atoms with Crippen LogP contribution in [0.1, 0.15) is 41.9 Å². The van der Waals surface area contributed by atoms with Gasteiger partial charge in [-0.25, -0.2) is 9.50 Å². The van der Waals surface area contributed by atoms with Crippen LogP contribution in [0.3, 0.4) is 0 Å². The highest BCUT2D eigenvalue weighted by Crippen LogP contribution is 2.28. The predicted molar refractivity (Wildman–Crippen MR) is 121 cm³/mol. The second-order valence-corrected chi connectivity index (χ2v) is 7.75. The lowest BCUT2D eigenvalue weighted by Crippen LogP contribution is -2.61. The summed E-state index contributed by atoms with van der Waals surface area (Å²) in [6.07, 6.45) is 5.72. The molecular weight excluding hydrogens is 414 g/mol. The number of aromatic nitrogens is 3. The summed E-state index contributed by atoms with van der Waals surface area (Å²) in [7, 11) is 0. The van der Waals surface area contributed by atoms with E-state index in [1.54, 1.807) is 16.0 Å². The second-order valence-electron chi connectivity index (χ2n) is 6.83. The van der Waals surface area contributed by atoms with Crippen molar-refractivity contribution in [2.75, 3.05) is 23.3 Å². The van der Waals surface area contributed by atoms with Gasteiger partial charge in [-0.15, -0.1) is 11.3 Å². The van der Waals surface area contributed by atoms with Crippen LogP contribution in [0.4, 0.5) is 11.5 Å². The lowest BCUT2D eigenvalue weighted by molar-refractivity contribution is -0.0980. The van der Waals surface area contributed by atoms with Crippen molar-refractivity contribution in [2.45, 2.75) is 38.8 Å². The number of thiophene rings is 1. The Balaban J connectivity index is 0.000000645. The third kappa shape index (κ3) is 4.42. The van der Waals surface area contributed by atoms with Gasteiger partial charge in [0.15, 0.2) is 5.65 Å². The van der Waals surface area contributed by atoms with Gasteiger partial charge in [0.25, 0.3) is 5.91 Å². The summed E-state index contributed by atoms with van der Waals surface area (Å²) >= 11 is 1.30. The SMILES string of the molecule is C=O.CC.N#Cc1sccc1NC(=O)c1cnn2ccc(N3CC4CCC3CN4)nc12. The van der Waals surface area contributed by atoms with Gasteiger partial charge >= 0.3 is 0 Å². The molecule has 6 rings (SSSR count). The quantitative estimate of drug-likeness (QED) is 0.645. The van der Waals surface area contributed by atoms with E-state index >= 15 is 0 Å². The van der Waals surface area contributed by atoms with Crippen LogP contribution < -0.4 is 15.5 Å². The van der Waals surface area contributed by atoms with Crippen molar-refractivity contribution in [2.24, 2.45) is 0 Å².